The van der Waals surface area contributed by atoms with E-state index in [0.29, 0.717) is 10.1 Å². The summed E-state index contributed by atoms with van der Waals surface area (Å²) in [5.41, 5.74) is -0.870. The Morgan fingerprint density at radius 1 is 1.34 bits per heavy atom. The van der Waals surface area contributed by atoms with Crippen molar-refractivity contribution in [3.05, 3.63) is 26.4 Å². The van der Waals surface area contributed by atoms with Gasteiger partial charge in [-0.3, -0.25) is 0 Å². The van der Waals surface area contributed by atoms with Crippen molar-refractivity contribution in [3.63, 3.8) is 0 Å². The molecule has 0 aliphatic carbocycles. The number of nitrogens with one attached hydrogen (secondary N) is 1. The molecule has 0 saturated carbocycles. The molecule has 29 heavy (non-hydrogen) atoms. The summed E-state index contributed by atoms with van der Waals surface area (Å²) < 4.78 is 71.7. The van der Waals surface area contributed by atoms with Gasteiger partial charge in [0.25, 0.3) is 10.0 Å². The smallest absolute Gasteiger partial charge is 0.426 e. The fourth-order valence-electron chi connectivity index (χ4n) is 2.19. The van der Waals surface area contributed by atoms with Gasteiger partial charge in [0.05, 0.1) is 12.7 Å². The number of thiophene rings is 1. The second-order valence-electron chi connectivity index (χ2n) is 5.15. The Kier molecular flexibility index (Phi) is 6.39. The van der Waals surface area contributed by atoms with E-state index in [1.165, 1.54) is 11.8 Å². The van der Waals surface area contributed by atoms with Crippen molar-refractivity contribution >= 4 is 45.6 Å². The van der Waals surface area contributed by atoms with Crippen molar-refractivity contribution < 1.29 is 40.8 Å². The molecule has 0 bridgehead atoms. The minimum Gasteiger partial charge on any atom is -0.465 e. The first-order chi connectivity index (χ1) is 13.4. The quantitative estimate of drug-likeness (QED) is 0.515. The lowest BCUT2D eigenvalue weighted by Crippen LogP contribution is -2.36. The second kappa shape index (κ2) is 8.11. The number of ether oxygens (including phenoxy) is 1. The lowest BCUT2D eigenvalue weighted by atomic mass is 10.3. The lowest BCUT2D eigenvalue weighted by Gasteiger charge is -2.11. The van der Waals surface area contributed by atoms with E-state index in [4.69, 9.17) is 17.1 Å². The Bertz CT molecular complexity index is 1120. The molecule has 1 amide bonds. The molecule has 2 heterocycles. The van der Waals surface area contributed by atoms with Crippen LogP contribution >= 0.6 is 23.6 Å². The summed E-state index contributed by atoms with van der Waals surface area (Å²) in [7, 11) is -3.08. The number of nitrogens with zero attached hydrogens (tertiary/aromatic N) is 3. The van der Waals surface area contributed by atoms with Gasteiger partial charge in [-0.05, 0) is 12.2 Å². The van der Waals surface area contributed by atoms with E-state index < -0.39 is 43.5 Å². The zero-order valence-electron chi connectivity index (χ0n) is 14.9. The van der Waals surface area contributed by atoms with Gasteiger partial charge in [0, 0.05) is 11.8 Å². The molecule has 0 fully saturated rings. The van der Waals surface area contributed by atoms with Gasteiger partial charge in [0.15, 0.2) is 5.82 Å². The number of esters is 1. The van der Waals surface area contributed by atoms with Crippen LogP contribution in [-0.2, 0) is 27.4 Å². The van der Waals surface area contributed by atoms with E-state index in [-0.39, 0.29) is 28.4 Å². The molecule has 0 saturated heterocycles. The number of aryl methyl sites for hydroxylation is 1. The zero-order chi connectivity index (χ0) is 22.1. The zero-order valence-corrected chi connectivity index (χ0v) is 17.4. The fraction of sp³-hybridized carbons (Fsp3) is 0.385. The molecule has 0 radical (unpaired) electrons. The summed E-state index contributed by atoms with van der Waals surface area (Å²) in [5, 5.41) is 4.45. The van der Waals surface area contributed by atoms with E-state index in [1.54, 1.807) is 6.92 Å². The average Bonchev–Trinajstić information content (AvgIpc) is 3.22. The number of rotatable bonds is 5. The Hall–Kier alpha value is -2.46. The van der Waals surface area contributed by atoms with Crippen LogP contribution in [0.4, 0.5) is 18.0 Å². The number of methoxy groups -OCH3 is 1. The number of hydrogen-bond acceptors (Lipinski definition) is 9. The molecule has 2 aromatic heterocycles. The van der Waals surface area contributed by atoms with Crippen molar-refractivity contribution in [1.29, 1.82) is 0 Å². The third-order valence-corrected chi connectivity index (χ3v) is 6.29. The number of hydrogen-bond donors (Lipinski definition) is 1. The Balaban J connectivity index is 2.56. The maximum Gasteiger partial charge on any atom is 0.426 e. The summed E-state index contributed by atoms with van der Waals surface area (Å²) >= 11 is 4.92. The molecular weight excluding hydrogens is 461 g/mol. The number of amides is 1. The highest BCUT2D eigenvalue weighted by atomic mass is 32.2. The highest BCUT2D eigenvalue weighted by molar-refractivity contribution is 7.90. The van der Waals surface area contributed by atoms with E-state index in [1.807, 2.05) is 0 Å². The number of alkyl halides is 3. The maximum absolute atomic E-state index is 13.3. The number of halogens is 3. The molecule has 2 aromatic rings. The third kappa shape index (κ3) is 4.27. The van der Waals surface area contributed by atoms with E-state index in [9.17, 15) is 31.2 Å². The summed E-state index contributed by atoms with van der Waals surface area (Å²) in [5.74, 6) is -1.16. The van der Waals surface area contributed by atoms with Crippen molar-refractivity contribution in [3.8, 4) is 0 Å². The van der Waals surface area contributed by atoms with Crippen LogP contribution in [0.15, 0.2) is 10.3 Å². The molecule has 2 rings (SSSR count). The summed E-state index contributed by atoms with van der Waals surface area (Å²) in [6.45, 7) is 1.65. The van der Waals surface area contributed by atoms with Gasteiger partial charge in [-0.25, -0.2) is 22.7 Å². The molecule has 0 atom stereocenters. The van der Waals surface area contributed by atoms with Crippen molar-refractivity contribution in [2.45, 2.75) is 24.4 Å². The molecule has 160 valence electrons. The summed E-state index contributed by atoms with van der Waals surface area (Å²) in [6, 6.07) is -1.46. The van der Waals surface area contributed by atoms with Crippen LogP contribution in [0.3, 0.4) is 0 Å². The molecule has 0 aliphatic heterocycles. The van der Waals surface area contributed by atoms with Gasteiger partial charge in [0.2, 0.25) is 4.77 Å². The van der Waals surface area contributed by atoms with E-state index >= 15 is 0 Å². The molecule has 1 N–H and O–H groups in total. The SMILES string of the molecule is CCc1nn(C(=O)NS(=O)(=O)c2c(C(=O)OC)csc2C(F)(F)F)c(=S)n1OC. The van der Waals surface area contributed by atoms with Crippen LogP contribution in [0.5, 0.6) is 0 Å². The minimum atomic E-state index is -5.16. The predicted molar refractivity (Wildman–Crippen MR) is 94.7 cm³/mol. The van der Waals surface area contributed by atoms with Crippen LogP contribution < -0.4 is 9.56 Å². The average molecular weight is 474 g/mol. The molecule has 0 unspecified atom stereocenters. The van der Waals surface area contributed by atoms with Crippen LogP contribution in [-0.4, -0.2) is 49.1 Å². The van der Waals surface area contributed by atoms with Crippen LogP contribution in [0.2, 0.25) is 0 Å². The monoisotopic (exact) mass is 474 g/mol. The largest absolute Gasteiger partial charge is 0.465 e. The standard InChI is InChI=1S/C13H13F3N4O6S3/c1-4-7-17-19(12(27)20(7)26-3)11(22)18-29(23,24)8-6(10(21)25-2)5-28-9(8)13(14,15)16/h5H,4H2,1-3H3,(H,18,22). The second-order valence-corrected chi connectivity index (χ2v) is 8.01. The highest BCUT2D eigenvalue weighted by Gasteiger charge is 2.43. The van der Waals surface area contributed by atoms with E-state index in [2.05, 4.69) is 9.84 Å². The van der Waals surface area contributed by atoms with E-state index in [0.717, 1.165) is 11.8 Å². The Morgan fingerprint density at radius 3 is 2.41 bits per heavy atom. The first-order valence-corrected chi connectivity index (χ1v) is 10.3. The number of aromatic nitrogens is 3. The first kappa shape index (κ1) is 22.8. The molecule has 0 aliphatic rings. The molecular formula is C13H13F3N4O6S3. The van der Waals surface area contributed by atoms with Crippen LogP contribution in [0, 0.1) is 4.77 Å². The van der Waals surface area contributed by atoms with Gasteiger partial charge in [-0.2, -0.15) is 13.2 Å². The lowest BCUT2D eigenvalue weighted by molar-refractivity contribution is -0.136. The van der Waals surface area contributed by atoms with Gasteiger partial charge in [0.1, 0.15) is 16.9 Å². The first-order valence-electron chi connectivity index (χ1n) is 7.48. The van der Waals surface area contributed by atoms with Crippen molar-refractivity contribution in [1.82, 2.24) is 19.2 Å². The minimum absolute atomic E-state index is 0.0299. The normalized spacial score (nSPS) is 11.9. The predicted octanol–water partition coefficient (Wildman–Crippen LogP) is 1.85. The maximum atomic E-state index is 13.3. The van der Waals surface area contributed by atoms with Gasteiger partial charge in [-0.1, -0.05) is 6.92 Å². The molecule has 0 spiro atoms. The number of carbonyl (C=O) groups excluding carboxylic acids is 2. The number of sulfonamides is 1. The van der Waals surface area contributed by atoms with Gasteiger partial charge < -0.3 is 9.57 Å². The highest BCUT2D eigenvalue weighted by Crippen LogP contribution is 2.40. The number of carbonyl (C=O) groups is 2. The Labute approximate surface area is 170 Å². The summed E-state index contributed by atoms with van der Waals surface area (Å²) in [4.78, 5) is 26.0. The molecule has 0 aromatic carbocycles. The summed E-state index contributed by atoms with van der Waals surface area (Å²) in [6.07, 6.45) is -4.85. The van der Waals surface area contributed by atoms with Crippen LogP contribution in [0.25, 0.3) is 0 Å². The van der Waals surface area contributed by atoms with Crippen molar-refractivity contribution in [2.24, 2.45) is 0 Å². The van der Waals surface area contributed by atoms with Crippen LogP contribution in [0.1, 0.15) is 28.0 Å². The van der Waals surface area contributed by atoms with Gasteiger partial charge >= 0.3 is 18.2 Å². The topological polar surface area (TPSA) is 122 Å². The fourth-order valence-corrected chi connectivity index (χ4v) is 5.06. The van der Waals surface area contributed by atoms with Gasteiger partial charge in [-0.15, -0.1) is 25.8 Å². The molecule has 10 nitrogen and oxygen atoms in total. The Morgan fingerprint density at radius 2 is 1.97 bits per heavy atom. The van der Waals surface area contributed by atoms with Crippen molar-refractivity contribution in [2.75, 3.05) is 14.2 Å². The third-order valence-electron chi connectivity index (χ3n) is 3.39. The molecule has 16 heteroatoms.